The first-order chi connectivity index (χ1) is 17.7. The summed E-state index contributed by atoms with van der Waals surface area (Å²) in [6, 6.07) is 23.8. The van der Waals surface area contributed by atoms with E-state index in [0.29, 0.717) is 23.4 Å². The summed E-state index contributed by atoms with van der Waals surface area (Å²) in [5.41, 5.74) is 2.23. The van der Waals surface area contributed by atoms with Crippen LogP contribution in [0.3, 0.4) is 0 Å². The van der Waals surface area contributed by atoms with E-state index in [4.69, 9.17) is 11.3 Å². The summed E-state index contributed by atoms with van der Waals surface area (Å²) in [5, 5.41) is 11.2. The smallest absolute Gasteiger partial charge is 0.859 e. The zero-order chi connectivity index (χ0) is 26.8. The number of furan rings is 1. The maximum Gasteiger partial charge on any atom is 3.00 e. The number of rotatable bonds is 4. The molecular formula is C28H24IrN3O. The van der Waals surface area contributed by atoms with Crippen molar-refractivity contribution in [2.24, 2.45) is 0 Å². The van der Waals surface area contributed by atoms with Crippen LogP contribution in [-0.4, -0.2) is 15.7 Å². The van der Waals surface area contributed by atoms with Gasteiger partial charge in [0.15, 0.2) is 0 Å². The predicted octanol–water partition coefficient (Wildman–Crippen LogP) is 6.98. The monoisotopic (exact) mass is 616 g/mol. The van der Waals surface area contributed by atoms with Crippen LogP contribution in [-0.2, 0) is 20.1 Å². The Labute approximate surface area is 215 Å². The van der Waals surface area contributed by atoms with Crippen molar-refractivity contribution in [3.63, 3.8) is 0 Å². The number of nitrogens with zero attached hydrogens (tertiary/aromatic N) is 3. The number of benzene rings is 2. The van der Waals surface area contributed by atoms with Crippen molar-refractivity contribution >= 4 is 27.8 Å². The number of aromatic nitrogens is 2. The Balaban J connectivity index is 0.000000212. The van der Waals surface area contributed by atoms with Crippen LogP contribution in [0.25, 0.3) is 27.5 Å². The zero-order valence-corrected chi connectivity index (χ0v) is 20.1. The predicted molar refractivity (Wildman–Crippen MR) is 132 cm³/mol. The van der Waals surface area contributed by atoms with Gasteiger partial charge >= 0.3 is 20.1 Å². The molecule has 4 nitrogen and oxygen atoms in total. The van der Waals surface area contributed by atoms with E-state index in [-0.39, 0.29) is 37.9 Å². The second-order valence-electron chi connectivity index (χ2n) is 6.51. The largest absolute Gasteiger partial charge is 3.00 e. The van der Waals surface area contributed by atoms with E-state index >= 15 is 0 Å². The molecule has 0 amide bonds. The average Bonchev–Trinajstić information content (AvgIpc) is 3.28. The van der Waals surface area contributed by atoms with E-state index in [1.165, 1.54) is 24.5 Å². The maximum absolute atomic E-state index is 9.49. The van der Waals surface area contributed by atoms with Crippen molar-refractivity contribution in [2.75, 3.05) is 0 Å². The first-order valence-corrected chi connectivity index (χ1v) is 9.90. The minimum atomic E-state index is -2.21. The summed E-state index contributed by atoms with van der Waals surface area (Å²) in [4.78, 5) is 7.68. The summed E-state index contributed by atoms with van der Waals surface area (Å²) >= 11 is 0. The fourth-order valence-corrected chi connectivity index (χ4v) is 2.74. The Morgan fingerprint density at radius 3 is 2.76 bits per heavy atom. The van der Waals surface area contributed by atoms with Gasteiger partial charge in [0.2, 0.25) is 5.71 Å². The third-order valence-corrected chi connectivity index (χ3v) is 4.25. The van der Waals surface area contributed by atoms with Crippen molar-refractivity contribution in [1.29, 1.82) is 0 Å². The number of pyridine rings is 2. The van der Waals surface area contributed by atoms with Crippen LogP contribution < -0.4 is 0 Å². The first kappa shape index (κ1) is 19.1. The van der Waals surface area contributed by atoms with E-state index in [0.717, 1.165) is 22.8 Å². The molecule has 5 aromatic rings. The summed E-state index contributed by atoms with van der Waals surface area (Å²) < 4.78 is 41.4. The molecule has 3 aromatic heterocycles. The van der Waals surface area contributed by atoms with E-state index < -0.39 is 6.85 Å². The van der Waals surface area contributed by atoms with Crippen molar-refractivity contribution in [2.45, 2.75) is 19.7 Å². The molecule has 0 N–H and O–H groups in total. The van der Waals surface area contributed by atoms with Gasteiger partial charge in [0.1, 0.15) is 0 Å². The molecule has 0 radical (unpaired) electrons. The molecule has 5 rings (SSSR count). The molecule has 3 heterocycles. The molecular weight excluding hydrogens is 587 g/mol. The molecule has 0 spiro atoms. The minimum Gasteiger partial charge on any atom is -0.859 e. The second kappa shape index (κ2) is 13.9. The molecule has 0 saturated heterocycles. The Morgan fingerprint density at radius 2 is 2.06 bits per heavy atom. The molecule has 0 atom stereocenters. The molecule has 0 aliphatic heterocycles. The van der Waals surface area contributed by atoms with Crippen LogP contribution in [0.4, 0.5) is 0 Å². The molecule has 166 valence electrons. The third-order valence-electron chi connectivity index (χ3n) is 4.25. The second-order valence-corrected chi connectivity index (χ2v) is 6.51. The molecule has 33 heavy (non-hydrogen) atoms. The number of aryl methyl sites for hydroxylation is 1. The van der Waals surface area contributed by atoms with Crippen molar-refractivity contribution in [3.8, 4) is 0 Å². The summed E-state index contributed by atoms with van der Waals surface area (Å²) in [6.45, 7) is 1.38. The van der Waals surface area contributed by atoms with Crippen molar-refractivity contribution in [3.05, 3.63) is 127 Å². The van der Waals surface area contributed by atoms with E-state index in [1.807, 2.05) is 24.3 Å². The van der Waals surface area contributed by atoms with Gasteiger partial charge in [-0.1, -0.05) is 23.9 Å². The fraction of sp³-hybridized carbons (Fsp3) is 0.107. The van der Waals surface area contributed by atoms with Crippen LogP contribution in [0.5, 0.6) is 0 Å². The Morgan fingerprint density at radius 1 is 1.15 bits per heavy atom. The van der Waals surface area contributed by atoms with E-state index in [1.54, 1.807) is 30.3 Å². The Kier molecular flexibility index (Phi) is 8.04. The molecule has 0 fully saturated rings. The van der Waals surface area contributed by atoms with Gasteiger partial charge in [0.25, 0.3) is 0 Å². The standard InChI is InChI=1S/C12H8NO.C11H11N.C5H5N.Ir/c1-8-6-7-10-9-4-2-3-5-11(9)14-12(10)13-8;1-2-3-9-11(12)10-7-5-4-6-8-10;1-2-4-6-5-3-1;/h2,4-7H,1H3;2,4-7H,1,3,9H2;1-5H;/q-1;-2;;+3/i1D3;;1D,2D;. The minimum absolute atomic E-state index is 0. The fourth-order valence-electron chi connectivity index (χ4n) is 2.74. The van der Waals surface area contributed by atoms with Gasteiger partial charge in [-0.2, -0.15) is 23.8 Å². The number of fused-ring (bicyclic) bond motifs is 3. The number of hydrogen-bond acceptors (Lipinski definition) is 3. The molecule has 2 aromatic carbocycles. The SMILES string of the molecule is C=CCCC(=[N-])c1[c-]cccc1.[2H]C([2H])([2H])c1ccc2c(n1)oc1c[c-]ccc12.[2H]c1ccncc1[2H].[Ir+3]. The van der Waals surface area contributed by atoms with Crippen molar-refractivity contribution in [1.82, 2.24) is 9.97 Å². The normalized spacial score (nSPS) is 12.2. The van der Waals surface area contributed by atoms with Crippen LogP contribution in [0.1, 0.15) is 31.0 Å². The first-order valence-electron chi connectivity index (χ1n) is 12.4. The summed E-state index contributed by atoms with van der Waals surface area (Å²) in [5.74, 6) is 0. The van der Waals surface area contributed by atoms with Gasteiger partial charge in [-0.15, -0.1) is 43.0 Å². The Hall–Kier alpha value is -3.40. The zero-order valence-electron chi connectivity index (χ0n) is 22.7. The van der Waals surface area contributed by atoms with Crippen LogP contribution >= 0.6 is 0 Å². The maximum atomic E-state index is 9.49. The molecule has 0 saturated carbocycles. The van der Waals surface area contributed by atoms with Crippen molar-refractivity contribution < 1.29 is 31.4 Å². The molecule has 5 heteroatoms. The topological polar surface area (TPSA) is 61.2 Å². The van der Waals surface area contributed by atoms with Gasteiger partial charge in [-0.25, -0.2) is 4.98 Å². The van der Waals surface area contributed by atoms with Crippen LogP contribution in [0.2, 0.25) is 0 Å². The van der Waals surface area contributed by atoms with Gasteiger partial charge in [-0.3, -0.25) is 10.7 Å². The van der Waals surface area contributed by atoms with Gasteiger partial charge in [0, 0.05) is 33.2 Å². The number of allylic oxidation sites excluding steroid dienone is 1. The van der Waals surface area contributed by atoms with E-state index in [2.05, 4.69) is 28.7 Å². The van der Waals surface area contributed by atoms with Gasteiger partial charge < -0.3 is 9.83 Å². The van der Waals surface area contributed by atoms with Gasteiger partial charge in [0.05, 0.1) is 2.74 Å². The van der Waals surface area contributed by atoms with E-state index in [9.17, 15) is 5.41 Å². The van der Waals surface area contributed by atoms with Crippen LogP contribution in [0, 0.1) is 19.0 Å². The Bertz CT molecular complexity index is 1470. The number of hydrogen-bond donors (Lipinski definition) is 0. The molecule has 0 unspecified atom stereocenters. The molecule has 0 aliphatic rings. The van der Waals surface area contributed by atoms with Gasteiger partial charge in [-0.05, 0) is 37.5 Å². The molecule has 0 aliphatic carbocycles. The third kappa shape index (κ3) is 7.90. The average molecular weight is 616 g/mol. The quantitative estimate of drug-likeness (QED) is 0.125. The summed E-state index contributed by atoms with van der Waals surface area (Å²) in [7, 11) is 0. The summed E-state index contributed by atoms with van der Waals surface area (Å²) in [6.07, 6.45) is 6.08. The van der Waals surface area contributed by atoms with Crippen LogP contribution in [0.15, 0.2) is 102 Å². The molecule has 0 bridgehead atoms.